The van der Waals surface area contributed by atoms with Gasteiger partial charge in [-0.1, -0.05) is 29.8 Å². The topological polar surface area (TPSA) is 81.1 Å². The van der Waals surface area contributed by atoms with Crippen molar-refractivity contribution in [3.05, 3.63) is 105 Å². The van der Waals surface area contributed by atoms with Gasteiger partial charge >= 0.3 is 0 Å². The highest BCUT2D eigenvalue weighted by Crippen LogP contribution is 2.27. The van der Waals surface area contributed by atoms with Crippen molar-refractivity contribution in [2.75, 3.05) is 6.61 Å². The number of non-ortho nitro benzene ring substituents is 1. The van der Waals surface area contributed by atoms with Crippen molar-refractivity contribution in [1.29, 1.82) is 5.26 Å². The number of halogens is 1. The van der Waals surface area contributed by atoms with Crippen molar-refractivity contribution >= 4 is 39.8 Å². The second-order valence-electron chi connectivity index (χ2n) is 7.53. The predicted octanol–water partition coefficient (Wildman–Crippen LogP) is 6.65. The SMILES string of the molecule is Cc1cc(Cl)ccc1OCCn1cc(/C=C(\C#N)c2ccc([N+](=O)[O-])cc2)c2ccccc21. The van der Waals surface area contributed by atoms with Gasteiger partial charge in [0.2, 0.25) is 0 Å². The van der Waals surface area contributed by atoms with Crippen LogP contribution in [-0.4, -0.2) is 16.1 Å². The van der Waals surface area contributed by atoms with E-state index in [2.05, 4.69) is 10.6 Å². The Morgan fingerprint density at radius 3 is 2.64 bits per heavy atom. The molecule has 4 aromatic rings. The standard InChI is InChI=1S/C26H20ClN3O3/c1-18-14-22(27)8-11-26(18)33-13-12-29-17-21(24-4-2-3-5-25(24)29)15-20(16-28)19-6-9-23(10-7-19)30(31)32/h2-11,14-15,17H,12-13H2,1H3/b20-15+. The number of nitriles is 1. The molecule has 1 heterocycles. The second-order valence-corrected chi connectivity index (χ2v) is 7.96. The van der Waals surface area contributed by atoms with Crippen molar-refractivity contribution in [2.24, 2.45) is 0 Å². The fraction of sp³-hybridized carbons (Fsp3) is 0.115. The first-order valence-electron chi connectivity index (χ1n) is 10.3. The lowest BCUT2D eigenvalue weighted by molar-refractivity contribution is -0.384. The van der Waals surface area contributed by atoms with Crippen molar-refractivity contribution in [3.8, 4) is 11.8 Å². The summed E-state index contributed by atoms with van der Waals surface area (Å²) in [5.74, 6) is 0.793. The number of fused-ring (bicyclic) bond motifs is 1. The van der Waals surface area contributed by atoms with Crippen LogP contribution in [-0.2, 0) is 6.54 Å². The largest absolute Gasteiger partial charge is 0.491 e. The molecule has 33 heavy (non-hydrogen) atoms. The molecule has 0 atom stereocenters. The summed E-state index contributed by atoms with van der Waals surface area (Å²) in [6.07, 6.45) is 3.80. The highest BCUT2D eigenvalue weighted by atomic mass is 35.5. The lowest BCUT2D eigenvalue weighted by atomic mass is 10.0. The van der Waals surface area contributed by atoms with Gasteiger partial charge in [-0.05, 0) is 60.5 Å². The molecule has 1 aromatic heterocycles. The van der Waals surface area contributed by atoms with Crippen LogP contribution in [0.15, 0.2) is 72.9 Å². The molecule has 3 aromatic carbocycles. The minimum absolute atomic E-state index is 0.0106. The summed E-state index contributed by atoms with van der Waals surface area (Å²) >= 11 is 6.02. The molecule has 6 nitrogen and oxygen atoms in total. The summed E-state index contributed by atoms with van der Waals surface area (Å²) in [6, 6.07) is 21.7. The number of para-hydroxylation sites is 1. The Labute approximate surface area is 196 Å². The number of aromatic nitrogens is 1. The number of benzene rings is 3. The molecular weight excluding hydrogens is 438 g/mol. The minimum Gasteiger partial charge on any atom is -0.491 e. The molecule has 164 valence electrons. The summed E-state index contributed by atoms with van der Waals surface area (Å²) in [7, 11) is 0. The number of nitro groups is 1. The lowest BCUT2D eigenvalue weighted by Crippen LogP contribution is -2.07. The molecule has 0 saturated heterocycles. The number of hydrogen-bond donors (Lipinski definition) is 0. The number of nitrogens with zero attached hydrogens (tertiary/aromatic N) is 3. The van der Waals surface area contributed by atoms with E-state index < -0.39 is 4.92 Å². The molecule has 0 fully saturated rings. The van der Waals surface area contributed by atoms with E-state index in [1.165, 1.54) is 12.1 Å². The van der Waals surface area contributed by atoms with Crippen LogP contribution in [0.1, 0.15) is 16.7 Å². The first-order valence-corrected chi connectivity index (χ1v) is 10.7. The lowest BCUT2D eigenvalue weighted by Gasteiger charge is -2.10. The number of aryl methyl sites for hydroxylation is 1. The van der Waals surface area contributed by atoms with E-state index >= 15 is 0 Å². The monoisotopic (exact) mass is 457 g/mol. The molecule has 0 aliphatic rings. The summed E-state index contributed by atoms with van der Waals surface area (Å²) < 4.78 is 8.05. The van der Waals surface area contributed by atoms with Crippen molar-refractivity contribution in [2.45, 2.75) is 13.5 Å². The Balaban J connectivity index is 1.61. The van der Waals surface area contributed by atoms with Gasteiger partial charge in [0.15, 0.2) is 0 Å². The maximum absolute atomic E-state index is 10.9. The molecular formula is C26H20ClN3O3. The highest BCUT2D eigenvalue weighted by Gasteiger charge is 2.11. The van der Waals surface area contributed by atoms with Crippen molar-refractivity contribution in [1.82, 2.24) is 4.57 Å². The number of ether oxygens (including phenoxy) is 1. The van der Waals surface area contributed by atoms with E-state index in [9.17, 15) is 15.4 Å². The van der Waals surface area contributed by atoms with E-state index in [1.807, 2.05) is 55.6 Å². The third kappa shape index (κ3) is 4.89. The smallest absolute Gasteiger partial charge is 0.269 e. The molecule has 0 radical (unpaired) electrons. The third-order valence-electron chi connectivity index (χ3n) is 5.36. The fourth-order valence-corrected chi connectivity index (χ4v) is 3.93. The van der Waals surface area contributed by atoms with Crippen molar-refractivity contribution < 1.29 is 9.66 Å². The Morgan fingerprint density at radius 1 is 1.18 bits per heavy atom. The van der Waals surface area contributed by atoms with Crippen LogP contribution in [0.25, 0.3) is 22.6 Å². The second kappa shape index (κ2) is 9.60. The zero-order valence-electron chi connectivity index (χ0n) is 17.9. The average Bonchev–Trinajstić information content (AvgIpc) is 3.16. The first-order chi connectivity index (χ1) is 16.0. The highest BCUT2D eigenvalue weighted by molar-refractivity contribution is 6.30. The number of nitro benzene ring substituents is 1. The summed E-state index contributed by atoms with van der Waals surface area (Å²) in [5, 5.41) is 22.3. The molecule has 7 heteroatoms. The molecule has 0 aliphatic carbocycles. The van der Waals surface area contributed by atoms with Gasteiger partial charge < -0.3 is 9.30 Å². The van der Waals surface area contributed by atoms with Crippen molar-refractivity contribution in [3.63, 3.8) is 0 Å². The van der Waals surface area contributed by atoms with Gasteiger partial charge in [-0.2, -0.15) is 5.26 Å². The van der Waals surface area contributed by atoms with Gasteiger partial charge in [-0.3, -0.25) is 10.1 Å². The van der Waals surface area contributed by atoms with E-state index in [0.29, 0.717) is 29.3 Å². The van der Waals surface area contributed by atoms with Crippen LogP contribution in [0.2, 0.25) is 5.02 Å². The van der Waals surface area contributed by atoms with Gasteiger partial charge in [0, 0.05) is 39.8 Å². The molecule has 0 amide bonds. The molecule has 0 aliphatic heterocycles. The summed E-state index contributed by atoms with van der Waals surface area (Å²) in [6.45, 7) is 3.05. The predicted molar refractivity (Wildman–Crippen MR) is 130 cm³/mol. The maximum atomic E-state index is 10.9. The average molecular weight is 458 g/mol. The summed E-state index contributed by atoms with van der Waals surface area (Å²) in [4.78, 5) is 10.5. The molecule has 0 unspecified atom stereocenters. The normalized spacial score (nSPS) is 11.4. The zero-order valence-corrected chi connectivity index (χ0v) is 18.6. The summed E-state index contributed by atoms with van der Waals surface area (Å²) in [5.41, 5.74) is 3.94. The van der Waals surface area contributed by atoms with Gasteiger partial charge in [0.25, 0.3) is 5.69 Å². The van der Waals surface area contributed by atoms with Crippen LogP contribution in [0.5, 0.6) is 5.75 Å². The van der Waals surface area contributed by atoms with Crippen LogP contribution in [0.4, 0.5) is 5.69 Å². The molecule has 4 rings (SSSR count). The Kier molecular flexibility index (Phi) is 6.43. The quantitative estimate of drug-likeness (QED) is 0.176. The van der Waals surface area contributed by atoms with E-state index in [4.69, 9.17) is 16.3 Å². The van der Waals surface area contributed by atoms with E-state index in [0.717, 1.165) is 27.8 Å². The number of allylic oxidation sites excluding steroid dienone is 1. The molecule has 0 N–H and O–H groups in total. The van der Waals surface area contributed by atoms with E-state index in [-0.39, 0.29) is 5.69 Å². The first kappa shape index (κ1) is 22.1. The van der Waals surface area contributed by atoms with Gasteiger partial charge in [0.05, 0.1) is 23.1 Å². The zero-order chi connectivity index (χ0) is 23.4. The van der Waals surface area contributed by atoms with Gasteiger partial charge in [-0.25, -0.2) is 0 Å². The molecule has 0 spiro atoms. The maximum Gasteiger partial charge on any atom is 0.269 e. The van der Waals surface area contributed by atoms with Crippen LogP contribution in [0.3, 0.4) is 0 Å². The molecule has 0 bridgehead atoms. The fourth-order valence-electron chi connectivity index (χ4n) is 3.70. The van der Waals surface area contributed by atoms with Gasteiger partial charge in [-0.15, -0.1) is 0 Å². The van der Waals surface area contributed by atoms with Crippen LogP contribution >= 0.6 is 11.6 Å². The Morgan fingerprint density at radius 2 is 1.94 bits per heavy atom. The van der Waals surface area contributed by atoms with Crippen LogP contribution < -0.4 is 4.74 Å². The Hall–Kier alpha value is -4.08. The third-order valence-corrected chi connectivity index (χ3v) is 5.59. The number of rotatable bonds is 7. The minimum atomic E-state index is -0.458. The Bertz CT molecular complexity index is 1400. The van der Waals surface area contributed by atoms with Crippen LogP contribution in [0, 0.1) is 28.4 Å². The van der Waals surface area contributed by atoms with Gasteiger partial charge in [0.1, 0.15) is 12.4 Å². The van der Waals surface area contributed by atoms with E-state index in [1.54, 1.807) is 18.2 Å². The number of hydrogen-bond acceptors (Lipinski definition) is 4. The molecule has 0 saturated carbocycles.